The Morgan fingerprint density at radius 3 is 2.68 bits per heavy atom. The van der Waals surface area contributed by atoms with Gasteiger partial charge in [0.05, 0.1) is 0 Å². The minimum absolute atomic E-state index is 0.153. The van der Waals surface area contributed by atoms with Crippen LogP contribution in [0.4, 0.5) is 10.5 Å². The maximum Gasteiger partial charge on any atom is 0.407 e. The van der Waals surface area contributed by atoms with E-state index in [1.165, 1.54) is 0 Å². The van der Waals surface area contributed by atoms with Crippen molar-refractivity contribution in [1.29, 1.82) is 0 Å². The van der Waals surface area contributed by atoms with Gasteiger partial charge < -0.3 is 15.4 Å². The van der Waals surface area contributed by atoms with Crippen LogP contribution in [0.1, 0.15) is 46.5 Å². The van der Waals surface area contributed by atoms with Crippen LogP contribution in [0.15, 0.2) is 24.3 Å². The van der Waals surface area contributed by atoms with Crippen LogP contribution in [0.25, 0.3) is 0 Å². The minimum Gasteiger partial charge on any atom is -0.444 e. The lowest BCUT2D eigenvalue weighted by Crippen LogP contribution is -2.43. The van der Waals surface area contributed by atoms with E-state index >= 15 is 0 Å². The number of nitrogens with one attached hydrogen (secondary N) is 2. The van der Waals surface area contributed by atoms with Crippen molar-refractivity contribution in [3.8, 4) is 0 Å². The maximum atomic E-state index is 11.9. The lowest BCUT2D eigenvalue weighted by molar-refractivity contribution is 0.0492. The molecule has 1 aromatic carbocycles. The predicted molar refractivity (Wildman–Crippen MR) is 90.5 cm³/mol. The Kier molecular flexibility index (Phi) is 5.57. The third-order valence-electron chi connectivity index (χ3n) is 3.59. The zero-order valence-electron chi connectivity index (χ0n) is 13.5. The number of carbonyl (C=O) groups is 1. The minimum atomic E-state index is -0.461. The van der Waals surface area contributed by atoms with Crippen LogP contribution < -0.4 is 10.6 Å². The number of alkyl carbamates (subject to hydrolysis) is 1. The highest BCUT2D eigenvalue weighted by atomic mass is 35.5. The van der Waals surface area contributed by atoms with E-state index in [1.54, 1.807) is 0 Å². The van der Waals surface area contributed by atoms with E-state index in [1.807, 2.05) is 45.0 Å². The van der Waals surface area contributed by atoms with Crippen molar-refractivity contribution < 1.29 is 9.53 Å². The summed E-state index contributed by atoms with van der Waals surface area (Å²) < 4.78 is 5.32. The number of carbonyl (C=O) groups excluding carboxylic acids is 1. The smallest absolute Gasteiger partial charge is 0.407 e. The molecule has 0 heterocycles. The fourth-order valence-electron chi connectivity index (χ4n) is 2.74. The van der Waals surface area contributed by atoms with Crippen molar-refractivity contribution in [2.45, 2.75) is 64.1 Å². The molecule has 2 rings (SSSR count). The third kappa shape index (κ3) is 5.76. The summed E-state index contributed by atoms with van der Waals surface area (Å²) >= 11 is 6.01. The highest BCUT2D eigenvalue weighted by Crippen LogP contribution is 2.24. The molecule has 2 unspecified atom stereocenters. The van der Waals surface area contributed by atoms with Crippen LogP contribution >= 0.6 is 11.6 Å². The van der Waals surface area contributed by atoms with Gasteiger partial charge in [-0.3, -0.25) is 0 Å². The van der Waals surface area contributed by atoms with Gasteiger partial charge in [-0.05, 0) is 64.7 Å². The monoisotopic (exact) mass is 324 g/mol. The van der Waals surface area contributed by atoms with Crippen LogP contribution in [0.2, 0.25) is 5.02 Å². The standard InChI is InChI=1S/C17H25ClN2O2/c1-17(2,3)22-16(21)20-15-9-5-8-14(11-15)19-13-7-4-6-12(18)10-13/h4,6-7,10,14-15,19H,5,8-9,11H2,1-3H3,(H,20,21). The summed E-state index contributed by atoms with van der Waals surface area (Å²) in [6.45, 7) is 5.62. The second-order valence-electron chi connectivity index (χ2n) is 6.86. The lowest BCUT2D eigenvalue weighted by atomic mass is 9.91. The molecule has 1 saturated carbocycles. The van der Waals surface area contributed by atoms with Gasteiger partial charge in [-0.2, -0.15) is 0 Å². The highest BCUT2D eigenvalue weighted by Gasteiger charge is 2.25. The summed E-state index contributed by atoms with van der Waals surface area (Å²) in [5, 5.41) is 7.20. The average Bonchev–Trinajstić information content (AvgIpc) is 2.36. The van der Waals surface area contributed by atoms with Crippen molar-refractivity contribution in [2.75, 3.05) is 5.32 Å². The molecule has 4 nitrogen and oxygen atoms in total. The first-order valence-corrected chi connectivity index (χ1v) is 8.21. The summed E-state index contributed by atoms with van der Waals surface area (Å²) in [6.07, 6.45) is 3.73. The quantitative estimate of drug-likeness (QED) is 0.855. The molecule has 1 aromatic rings. The molecule has 5 heteroatoms. The molecule has 1 fully saturated rings. The molecule has 0 aliphatic heterocycles. The van der Waals surface area contributed by atoms with Crippen molar-refractivity contribution in [1.82, 2.24) is 5.32 Å². The lowest BCUT2D eigenvalue weighted by Gasteiger charge is -2.31. The fraction of sp³-hybridized carbons (Fsp3) is 0.588. The van der Waals surface area contributed by atoms with Gasteiger partial charge in [0.25, 0.3) is 0 Å². The molecule has 2 N–H and O–H groups in total. The van der Waals surface area contributed by atoms with Gasteiger partial charge in [0, 0.05) is 22.8 Å². The van der Waals surface area contributed by atoms with Gasteiger partial charge in [-0.1, -0.05) is 17.7 Å². The fourth-order valence-corrected chi connectivity index (χ4v) is 2.93. The normalized spacial score (nSPS) is 22.0. The maximum absolute atomic E-state index is 11.9. The SMILES string of the molecule is CC(C)(C)OC(=O)NC1CCCC(Nc2cccc(Cl)c2)C1. The summed E-state index contributed by atoms with van der Waals surface area (Å²) in [7, 11) is 0. The van der Waals surface area contributed by atoms with Gasteiger partial charge in [0.15, 0.2) is 0 Å². The second-order valence-corrected chi connectivity index (χ2v) is 7.30. The zero-order valence-corrected chi connectivity index (χ0v) is 14.2. The summed E-state index contributed by atoms with van der Waals surface area (Å²) in [4.78, 5) is 11.9. The number of rotatable bonds is 3. The second kappa shape index (κ2) is 7.23. The summed E-state index contributed by atoms with van der Waals surface area (Å²) in [6, 6.07) is 8.22. The van der Waals surface area contributed by atoms with Gasteiger partial charge >= 0.3 is 6.09 Å². The third-order valence-corrected chi connectivity index (χ3v) is 3.83. The molecular weight excluding hydrogens is 300 g/mol. The van der Waals surface area contributed by atoms with Crippen molar-refractivity contribution in [3.63, 3.8) is 0 Å². The molecule has 0 radical (unpaired) electrons. The molecule has 1 aliphatic carbocycles. The van der Waals surface area contributed by atoms with E-state index in [-0.39, 0.29) is 12.1 Å². The first kappa shape index (κ1) is 16.9. The van der Waals surface area contributed by atoms with E-state index in [0.717, 1.165) is 36.4 Å². The van der Waals surface area contributed by atoms with Crippen LogP contribution in [0, 0.1) is 0 Å². The zero-order chi connectivity index (χ0) is 16.2. The van der Waals surface area contributed by atoms with Crippen LogP contribution in [-0.2, 0) is 4.74 Å². The van der Waals surface area contributed by atoms with E-state index < -0.39 is 5.60 Å². The Bertz CT molecular complexity index is 514. The van der Waals surface area contributed by atoms with Gasteiger partial charge in [-0.25, -0.2) is 4.79 Å². The van der Waals surface area contributed by atoms with Gasteiger partial charge in [-0.15, -0.1) is 0 Å². The van der Waals surface area contributed by atoms with Gasteiger partial charge in [0.2, 0.25) is 0 Å². The number of anilines is 1. The molecule has 122 valence electrons. The average molecular weight is 325 g/mol. The first-order chi connectivity index (χ1) is 10.3. The number of ether oxygens (including phenoxy) is 1. The molecule has 22 heavy (non-hydrogen) atoms. The van der Waals surface area contributed by atoms with E-state index in [4.69, 9.17) is 16.3 Å². The topological polar surface area (TPSA) is 50.4 Å². The van der Waals surface area contributed by atoms with Crippen LogP contribution in [-0.4, -0.2) is 23.8 Å². The number of benzene rings is 1. The Hall–Kier alpha value is -1.42. The molecule has 1 aliphatic rings. The van der Waals surface area contributed by atoms with Gasteiger partial charge in [0.1, 0.15) is 5.60 Å². The summed E-state index contributed by atoms with van der Waals surface area (Å²) in [5.74, 6) is 0. The molecule has 0 bridgehead atoms. The van der Waals surface area contributed by atoms with E-state index in [9.17, 15) is 4.79 Å². The number of halogens is 1. The Balaban J connectivity index is 1.85. The Morgan fingerprint density at radius 1 is 1.27 bits per heavy atom. The van der Waals surface area contributed by atoms with Crippen LogP contribution in [0.3, 0.4) is 0 Å². The summed E-state index contributed by atoms with van der Waals surface area (Å²) in [5.41, 5.74) is 0.562. The number of amides is 1. The van der Waals surface area contributed by atoms with Crippen LogP contribution in [0.5, 0.6) is 0 Å². The van der Waals surface area contributed by atoms with Crippen molar-refractivity contribution >= 4 is 23.4 Å². The Labute approximate surface area is 137 Å². The van der Waals surface area contributed by atoms with E-state index in [2.05, 4.69) is 10.6 Å². The molecule has 0 saturated heterocycles. The molecule has 0 spiro atoms. The van der Waals surface area contributed by atoms with Crippen molar-refractivity contribution in [2.24, 2.45) is 0 Å². The Morgan fingerprint density at radius 2 is 2.00 bits per heavy atom. The predicted octanol–water partition coefficient (Wildman–Crippen LogP) is 4.59. The molecule has 1 amide bonds. The molecular formula is C17H25ClN2O2. The first-order valence-electron chi connectivity index (χ1n) is 7.83. The molecule has 2 atom stereocenters. The molecule has 0 aromatic heterocycles. The number of hydrogen-bond acceptors (Lipinski definition) is 3. The van der Waals surface area contributed by atoms with Crippen molar-refractivity contribution in [3.05, 3.63) is 29.3 Å². The highest BCUT2D eigenvalue weighted by molar-refractivity contribution is 6.30. The number of hydrogen-bond donors (Lipinski definition) is 2. The largest absolute Gasteiger partial charge is 0.444 e. The van der Waals surface area contributed by atoms with E-state index in [0.29, 0.717) is 6.04 Å².